The van der Waals surface area contributed by atoms with Crippen molar-refractivity contribution in [2.45, 2.75) is 25.7 Å². The van der Waals surface area contributed by atoms with Gasteiger partial charge in [-0.25, -0.2) is 0 Å². The largest absolute Gasteiger partial charge is 2.00 e. The summed E-state index contributed by atoms with van der Waals surface area (Å²) < 4.78 is 0. The number of hydrogen-bond donors (Lipinski definition) is 0. The number of fused-ring (bicyclic) bond motifs is 4. The Hall–Kier alpha value is -4.90. The summed E-state index contributed by atoms with van der Waals surface area (Å²) in [5, 5.41) is 16.3. The van der Waals surface area contributed by atoms with Crippen LogP contribution in [0.5, 0.6) is 0 Å². The van der Waals surface area contributed by atoms with Crippen LogP contribution in [-0.2, 0) is 33.9 Å². The first kappa shape index (κ1) is 31.7. The van der Waals surface area contributed by atoms with Crippen LogP contribution in [0.1, 0.15) is 24.1 Å². The number of para-hydroxylation sites is 2. The van der Waals surface area contributed by atoms with E-state index in [1.54, 1.807) is 0 Å². The summed E-state index contributed by atoms with van der Waals surface area (Å²) in [6, 6.07) is 50.6. The molecular formula is C41H33N5PtSi. The molecule has 0 radical (unpaired) electrons. The normalized spacial score (nSPS) is 12.5. The van der Waals surface area contributed by atoms with Gasteiger partial charge in [-0.1, -0.05) is 127 Å². The third-order valence-corrected chi connectivity index (χ3v) is 13.7. The predicted octanol–water partition coefficient (Wildman–Crippen LogP) is 5.70. The maximum atomic E-state index is 5.34. The van der Waals surface area contributed by atoms with Crippen molar-refractivity contribution < 1.29 is 21.1 Å². The van der Waals surface area contributed by atoms with Crippen LogP contribution in [0.3, 0.4) is 0 Å². The molecule has 0 aliphatic heterocycles. The van der Waals surface area contributed by atoms with E-state index in [9.17, 15) is 0 Å². The summed E-state index contributed by atoms with van der Waals surface area (Å²) in [5.74, 6) is 0. The van der Waals surface area contributed by atoms with Crippen LogP contribution in [0, 0.1) is 0 Å². The Bertz CT molecular complexity index is 2120. The molecule has 7 heteroatoms. The molecule has 1 aliphatic rings. The van der Waals surface area contributed by atoms with Gasteiger partial charge in [0.25, 0.3) is 0 Å². The van der Waals surface area contributed by atoms with E-state index in [1.165, 1.54) is 39.6 Å². The third kappa shape index (κ3) is 5.76. The molecule has 0 unspecified atom stereocenters. The van der Waals surface area contributed by atoms with Crippen molar-refractivity contribution in [2.75, 3.05) is 0 Å². The molecule has 0 N–H and O–H groups in total. The van der Waals surface area contributed by atoms with Crippen LogP contribution in [-0.4, -0.2) is 23.1 Å². The SMILES string of the molecule is [Pt+2].c1ccc([Si](c2ccccc2)(c2ccccn2)c2cccc(-c3[n-]nc4c3CCCC4)n2)cc1.c1ccc2c(c1)[n-]c1ccccc12. The Balaban J connectivity index is 0.000000217. The Morgan fingerprint density at radius 1 is 0.542 bits per heavy atom. The average Bonchev–Trinajstić information content (AvgIpc) is 3.76. The van der Waals surface area contributed by atoms with Crippen molar-refractivity contribution in [1.82, 2.24) is 25.1 Å². The second-order valence-electron chi connectivity index (χ2n) is 11.9. The fourth-order valence-corrected chi connectivity index (χ4v) is 11.4. The maximum absolute atomic E-state index is 5.34. The molecule has 0 fully saturated rings. The van der Waals surface area contributed by atoms with Crippen molar-refractivity contribution in [3.8, 4) is 11.4 Å². The Labute approximate surface area is 295 Å². The standard InChI is InChI=1S/C29H25N4Si.C12H8N.Pt/c1-3-12-22(13-4-1)34(23-14-5-2-6-15-23,27-19-9-10-21-30-27)28-20-11-18-26(31-28)29-24-16-7-8-17-25(24)32-33-29;1-3-7-11-9(5-1)10-6-2-4-8-12(10)13-11;/h1-6,9-15,18-21H,7-8,16-17H2;1-8H;/q2*-1;+2. The van der Waals surface area contributed by atoms with Crippen LogP contribution in [0.25, 0.3) is 33.2 Å². The molecule has 4 heterocycles. The second kappa shape index (κ2) is 14.1. The van der Waals surface area contributed by atoms with Crippen LogP contribution >= 0.6 is 0 Å². The van der Waals surface area contributed by atoms with Gasteiger partial charge >= 0.3 is 21.1 Å². The fraction of sp³-hybridized carbons (Fsp3) is 0.0976. The molecule has 5 nitrogen and oxygen atoms in total. The number of hydrogen-bond acceptors (Lipinski definition) is 3. The summed E-state index contributed by atoms with van der Waals surface area (Å²) in [4.78, 5) is 14.8. The van der Waals surface area contributed by atoms with Gasteiger partial charge in [-0.2, -0.15) is 0 Å². The first-order chi connectivity index (χ1) is 23.3. The number of rotatable bonds is 5. The summed E-state index contributed by atoms with van der Waals surface area (Å²) in [6.45, 7) is 0. The molecule has 0 saturated carbocycles. The quantitative estimate of drug-likeness (QED) is 0.209. The molecule has 48 heavy (non-hydrogen) atoms. The van der Waals surface area contributed by atoms with Gasteiger partial charge in [0.05, 0.1) is 0 Å². The van der Waals surface area contributed by atoms with E-state index >= 15 is 0 Å². The average molecular weight is 819 g/mol. The molecule has 1 aliphatic carbocycles. The molecule has 8 aromatic rings. The van der Waals surface area contributed by atoms with Gasteiger partial charge in [0.2, 0.25) is 8.07 Å². The molecular weight excluding hydrogens is 786 g/mol. The Morgan fingerprint density at radius 3 is 1.77 bits per heavy atom. The van der Waals surface area contributed by atoms with Crippen LogP contribution < -0.4 is 31.1 Å². The predicted molar refractivity (Wildman–Crippen MR) is 194 cm³/mol. The molecule has 0 bridgehead atoms. The molecule has 236 valence electrons. The van der Waals surface area contributed by atoms with E-state index in [1.807, 2.05) is 24.4 Å². The molecule has 9 rings (SSSR count). The third-order valence-electron chi connectivity index (χ3n) is 9.17. The van der Waals surface area contributed by atoms with E-state index in [2.05, 4.69) is 143 Å². The van der Waals surface area contributed by atoms with Gasteiger partial charge in [0, 0.05) is 28.2 Å². The summed E-state index contributed by atoms with van der Waals surface area (Å²) in [6.07, 6.45) is 6.32. The Kier molecular flexibility index (Phi) is 9.28. The number of aromatic nitrogens is 5. The number of benzene rings is 4. The van der Waals surface area contributed by atoms with Gasteiger partial charge in [-0.15, -0.1) is 11.0 Å². The first-order valence-corrected chi connectivity index (χ1v) is 18.2. The molecule has 4 aromatic heterocycles. The molecule has 0 spiro atoms. The zero-order chi connectivity index (χ0) is 31.5. The van der Waals surface area contributed by atoms with Crippen molar-refractivity contribution >= 4 is 50.9 Å². The number of aryl methyl sites for hydroxylation is 1. The fourth-order valence-electron chi connectivity index (χ4n) is 6.98. The minimum Gasteiger partial charge on any atom is -0.657 e. The van der Waals surface area contributed by atoms with E-state index in [0.29, 0.717) is 0 Å². The van der Waals surface area contributed by atoms with E-state index in [-0.39, 0.29) is 21.1 Å². The van der Waals surface area contributed by atoms with E-state index in [0.717, 1.165) is 51.6 Å². The van der Waals surface area contributed by atoms with Crippen LogP contribution in [0.15, 0.2) is 152 Å². The minimum atomic E-state index is -2.75. The molecule has 4 aromatic carbocycles. The van der Waals surface area contributed by atoms with Crippen molar-refractivity contribution in [3.05, 3.63) is 163 Å². The summed E-state index contributed by atoms with van der Waals surface area (Å²) in [5.41, 5.74) is 6.45. The molecule has 0 amide bonds. The molecule has 0 saturated heterocycles. The Morgan fingerprint density at radius 2 is 1.12 bits per heavy atom. The van der Waals surface area contributed by atoms with Crippen molar-refractivity contribution in [3.63, 3.8) is 0 Å². The van der Waals surface area contributed by atoms with E-state index in [4.69, 9.17) is 9.97 Å². The van der Waals surface area contributed by atoms with E-state index < -0.39 is 8.07 Å². The van der Waals surface area contributed by atoms with Crippen LogP contribution in [0.2, 0.25) is 0 Å². The number of pyridine rings is 2. The topological polar surface area (TPSA) is 66.9 Å². The van der Waals surface area contributed by atoms with Crippen molar-refractivity contribution in [2.24, 2.45) is 0 Å². The van der Waals surface area contributed by atoms with Gasteiger partial charge in [-0.3, -0.25) is 9.97 Å². The number of nitrogens with zero attached hydrogens (tertiary/aromatic N) is 5. The zero-order valence-corrected chi connectivity index (χ0v) is 29.6. The zero-order valence-electron chi connectivity index (χ0n) is 26.3. The van der Waals surface area contributed by atoms with Gasteiger partial charge < -0.3 is 15.2 Å². The summed E-state index contributed by atoms with van der Waals surface area (Å²) in [7, 11) is -2.75. The van der Waals surface area contributed by atoms with Gasteiger partial charge in [-0.05, 0) is 76.7 Å². The van der Waals surface area contributed by atoms with Gasteiger partial charge in [0.1, 0.15) is 0 Å². The maximum Gasteiger partial charge on any atom is 2.00 e. The second-order valence-corrected chi connectivity index (χ2v) is 15.6. The van der Waals surface area contributed by atoms with Gasteiger partial charge in [0.15, 0.2) is 0 Å². The minimum absolute atomic E-state index is 0. The first-order valence-electron chi connectivity index (χ1n) is 16.2. The van der Waals surface area contributed by atoms with Crippen LogP contribution in [0.4, 0.5) is 0 Å². The molecule has 0 atom stereocenters. The van der Waals surface area contributed by atoms with Crippen molar-refractivity contribution in [1.29, 1.82) is 0 Å². The monoisotopic (exact) mass is 818 g/mol. The smallest absolute Gasteiger partial charge is 0.657 e. The summed E-state index contributed by atoms with van der Waals surface area (Å²) >= 11 is 0.